The van der Waals surface area contributed by atoms with Gasteiger partial charge in [0.1, 0.15) is 24.1 Å². The monoisotopic (exact) mass is 738 g/mol. The van der Waals surface area contributed by atoms with Crippen LogP contribution in [0.4, 0.5) is 5.69 Å². The number of anilines is 1. The van der Waals surface area contributed by atoms with E-state index in [1.807, 2.05) is 18.2 Å². The number of piperazine rings is 1. The molecular formula is C46H50N4O5. The number of fused-ring (bicyclic) bond motifs is 2. The lowest BCUT2D eigenvalue weighted by Gasteiger charge is -2.37. The van der Waals surface area contributed by atoms with Crippen LogP contribution in [0, 0.1) is 0 Å². The van der Waals surface area contributed by atoms with E-state index < -0.39 is 6.04 Å². The minimum Gasteiger partial charge on any atom is -0.508 e. The first kappa shape index (κ1) is 35.6. The Morgan fingerprint density at radius 1 is 0.800 bits per heavy atom. The number of carbonyl (C=O) groups excluding carboxylic acids is 2. The van der Waals surface area contributed by atoms with Crippen molar-refractivity contribution in [2.75, 3.05) is 44.2 Å². The maximum Gasteiger partial charge on any atom is 0.255 e. The average molecular weight is 739 g/mol. The summed E-state index contributed by atoms with van der Waals surface area (Å²) in [6.45, 7) is 9.55. The number of ether oxygens (including phenoxy) is 2. The van der Waals surface area contributed by atoms with Crippen LogP contribution in [0.5, 0.6) is 11.5 Å². The molecule has 55 heavy (non-hydrogen) atoms. The quantitative estimate of drug-likeness (QED) is 0.196. The summed E-state index contributed by atoms with van der Waals surface area (Å²) in [5.74, 6) is 1.59. The fraction of sp³-hybridized carbons (Fsp3) is 0.391. The number of allylic oxidation sites excluding steroid dienone is 1. The molecule has 3 saturated heterocycles. The topological polar surface area (TPSA) is 94.6 Å². The molecule has 0 spiro atoms. The van der Waals surface area contributed by atoms with Crippen LogP contribution in [0.15, 0.2) is 103 Å². The third-order valence-electron chi connectivity index (χ3n) is 12.5. The van der Waals surface area contributed by atoms with Crippen LogP contribution in [0.1, 0.15) is 82.1 Å². The minimum atomic E-state index is -0.440. The van der Waals surface area contributed by atoms with Crippen molar-refractivity contribution in [2.45, 2.75) is 75.2 Å². The summed E-state index contributed by atoms with van der Waals surface area (Å²) in [7, 11) is 0. The number of hydrogen-bond donors (Lipinski definition) is 2. The summed E-state index contributed by atoms with van der Waals surface area (Å²) in [4.78, 5) is 32.4. The highest BCUT2D eigenvalue weighted by atomic mass is 16.5. The molecular weight excluding hydrogens is 689 g/mol. The summed E-state index contributed by atoms with van der Waals surface area (Å²) in [6, 6.07) is 31.0. The van der Waals surface area contributed by atoms with Gasteiger partial charge in [0.05, 0.1) is 12.2 Å². The summed E-state index contributed by atoms with van der Waals surface area (Å²) < 4.78 is 12.8. The molecule has 2 N–H and O–H groups in total. The molecule has 1 aliphatic carbocycles. The summed E-state index contributed by atoms with van der Waals surface area (Å²) in [5.41, 5.74) is 8.71. The number of rotatable bonds is 9. The molecule has 9 heteroatoms. The summed E-state index contributed by atoms with van der Waals surface area (Å²) in [5, 5.41) is 13.0. The van der Waals surface area contributed by atoms with Crippen molar-refractivity contribution in [2.24, 2.45) is 0 Å². The zero-order valence-electron chi connectivity index (χ0n) is 31.4. The number of hydrogen-bond acceptors (Lipinski definition) is 7. The van der Waals surface area contributed by atoms with Crippen molar-refractivity contribution in [3.8, 4) is 11.5 Å². The highest BCUT2D eigenvalue weighted by Crippen LogP contribution is 2.47. The van der Waals surface area contributed by atoms with Crippen LogP contribution in [0.2, 0.25) is 0 Å². The molecule has 4 aromatic rings. The predicted octanol–water partition coefficient (Wildman–Crippen LogP) is 6.75. The Bertz CT molecular complexity index is 2060. The van der Waals surface area contributed by atoms with Gasteiger partial charge < -0.3 is 29.7 Å². The molecule has 4 heterocycles. The molecule has 9 nitrogen and oxygen atoms in total. The number of nitrogens with one attached hydrogen (secondary N) is 1. The maximum absolute atomic E-state index is 13.2. The van der Waals surface area contributed by atoms with E-state index in [2.05, 4.69) is 94.5 Å². The molecule has 0 bridgehead atoms. The first-order chi connectivity index (χ1) is 26.9. The van der Waals surface area contributed by atoms with Crippen molar-refractivity contribution in [3.63, 3.8) is 0 Å². The lowest BCUT2D eigenvalue weighted by molar-refractivity contribution is -0.126. The zero-order valence-corrected chi connectivity index (χ0v) is 31.4. The van der Waals surface area contributed by atoms with Gasteiger partial charge in [-0.25, -0.2) is 0 Å². The van der Waals surface area contributed by atoms with Crippen LogP contribution >= 0.6 is 0 Å². The Balaban J connectivity index is 0.754. The molecule has 4 aromatic carbocycles. The largest absolute Gasteiger partial charge is 0.508 e. The SMILES string of the molecule is C=C1CCC(N2Cc3cc(N4CCN(C[C@@H]5CC[C@H](COc6ccc([C@@H]7c8ccc(O)cc8CC[C@@H]7c7ccccc7)cc6)O5)CC4)ccc3C2=O)C(=O)N1. The summed E-state index contributed by atoms with van der Waals surface area (Å²) >= 11 is 0. The third kappa shape index (κ3) is 7.35. The van der Waals surface area contributed by atoms with Crippen molar-refractivity contribution in [1.82, 2.24) is 15.1 Å². The highest BCUT2D eigenvalue weighted by Gasteiger charge is 2.39. The van der Waals surface area contributed by atoms with E-state index in [-0.39, 0.29) is 29.9 Å². The van der Waals surface area contributed by atoms with Crippen molar-refractivity contribution in [3.05, 3.63) is 137 Å². The van der Waals surface area contributed by atoms with Gasteiger partial charge in [0, 0.05) is 62.1 Å². The molecule has 0 radical (unpaired) electrons. The standard InChI is InChI=1S/C46H50N4O5/c1-30-7-20-43(45(52)47-30)50-27-34-25-35(11-18-42(34)46(50)53)49-23-21-48(22-24-49)28-38-15-16-39(55-38)29-54-37-13-8-32(9-14-37)44-40(31-5-3-2-4-6-31)17-10-33-26-36(51)12-19-41(33)44/h2-6,8-9,11-14,18-19,25-26,38-40,43-44,51H,1,7,10,15-17,20-24,27-29H2,(H,47,52)/t38-,39+,40+,43?,44-/m0/s1. The van der Waals surface area contributed by atoms with Crippen LogP contribution in [-0.4, -0.2) is 84.3 Å². The number of phenols is 1. The molecule has 5 atom stereocenters. The van der Waals surface area contributed by atoms with Crippen LogP contribution in [0.3, 0.4) is 0 Å². The van der Waals surface area contributed by atoms with Gasteiger partial charge in [-0.1, -0.05) is 55.1 Å². The molecule has 9 rings (SSSR count). The molecule has 284 valence electrons. The van der Waals surface area contributed by atoms with Crippen molar-refractivity contribution in [1.29, 1.82) is 0 Å². The average Bonchev–Trinajstić information content (AvgIpc) is 3.80. The Morgan fingerprint density at radius 3 is 2.40 bits per heavy atom. The van der Waals surface area contributed by atoms with Crippen LogP contribution in [0.25, 0.3) is 0 Å². The van der Waals surface area contributed by atoms with Gasteiger partial charge in [-0.05, 0) is 115 Å². The molecule has 5 aliphatic rings. The number of nitrogens with zero attached hydrogens (tertiary/aromatic N) is 3. The van der Waals surface area contributed by atoms with Gasteiger partial charge in [-0.3, -0.25) is 14.5 Å². The number of aryl methyl sites for hydroxylation is 1. The van der Waals surface area contributed by atoms with Crippen LogP contribution < -0.4 is 15.0 Å². The van der Waals surface area contributed by atoms with E-state index in [0.717, 1.165) is 81.1 Å². The lowest BCUT2D eigenvalue weighted by atomic mass is 9.69. The van der Waals surface area contributed by atoms with Gasteiger partial charge in [0.25, 0.3) is 5.91 Å². The highest BCUT2D eigenvalue weighted by molar-refractivity contribution is 6.01. The number of benzene rings is 4. The first-order valence-corrected chi connectivity index (χ1v) is 20.0. The summed E-state index contributed by atoms with van der Waals surface area (Å²) in [6.07, 6.45) is 5.63. The fourth-order valence-corrected chi connectivity index (χ4v) is 9.59. The van der Waals surface area contributed by atoms with E-state index in [1.54, 1.807) is 4.90 Å². The molecule has 4 aliphatic heterocycles. The van der Waals surface area contributed by atoms with Gasteiger partial charge in [-0.2, -0.15) is 0 Å². The van der Waals surface area contributed by atoms with Gasteiger partial charge >= 0.3 is 0 Å². The number of piperidine rings is 1. The number of phenolic OH excluding ortho intramolecular Hbond substituents is 1. The van der Waals surface area contributed by atoms with Crippen LogP contribution in [-0.2, 0) is 22.5 Å². The first-order valence-electron chi connectivity index (χ1n) is 20.0. The predicted molar refractivity (Wildman–Crippen MR) is 213 cm³/mol. The molecule has 1 unspecified atom stereocenters. The maximum atomic E-state index is 13.2. The fourth-order valence-electron chi connectivity index (χ4n) is 9.59. The Hall–Kier alpha value is -5.12. The van der Waals surface area contributed by atoms with Gasteiger partial charge in [0.2, 0.25) is 5.91 Å². The minimum absolute atomic E-state index is 0.0567. The Morgan fingerprint density at radius 2 is 1.60 bits per heavy atom. The second-order valence-electron chi connectivity index (χ2n) is 16.0. The van der Waals surface area contributed by atoms with Crippen molar-refractivity contribution < 1.29 is 24.2 Å². The van der Waals surface area contributed by atoms with E-state index in [4.69, 9.17) is 9.47 Å². The zero-order chi connectivity index (χ0) is 37.5. The normalized spacial score (nSPS) is 25.5. The van der Waals surface area contributed by atoms with E-state index in [1.165, 1.54) is 22.3 Å². The Kier molecular flexibility index (Phi) is 9.83. The molecule has 3 fully saturated rings. The third-order valence-corrected chi connectivity index (χ3v) is 12.5. The Labute approximate surface area is 323 Å². The number of aromatic hydroxyl groups is 1. The molecule has 2 amide bonds. The number of carbonyl (C=O) groups is 2. The molecule has 0 saturated carbocycles. The van der Waals surface area contributed by atoms with E-state index in [0.29, 0.717) is 43.2 Å². The number of amides is 2. The van der Waals surface area contributed by atoms with E-state index in [9.17, 15) is 14.7 Å². The smallest absolute Gasteiger partial charge is 0.255 e. The second kappa shape index (κ2) is 15.2. The van der Waals surface area contributed by atoms with Gasteiger partial charge in [0.15, 0.2) is 0 Å². The molecule has 0 aromatic heterocycles. The van der Waals surface area contributed by atoms with Crippen molar-refractivity contribution >= 4 is 17.5 Å². The lowest BCUT2D eigenvalue weighted by Crippen LogP contribution is -2.49. The van der Waals surface area contributed by atoms with Gasteiger partial charge in [-0.15, -0.1) is 0 Å². The van der Waals surface area contributed by atoms with E-state index >= 15 is 0 Å². The second-order valence-corrected chi connectivity index (χ2v) is 16.0.